The molecule has 0 saturated heterocycles. The van der Waals surface area contributed by atoms with Gasteiger partial charge in [0.25, 0.3) is 0 Å². The SMILES string of the molecule is C=CC1=C(C=C)C2(C3=C(C(=C)CC=C3)c3ccccc32)c2ccccc21.CC.CC.CC. The third-order valence-electron chi connectivity index (χ3n) is 6.00. The Kier molecular flexibility index (Phi) is 8.61. The van der Waals surface area contributed by atoms with Crippen molar-refractivity contribution >= 4 is 11.1 Å². The van der Waals surface area contributed by atoms with Gasteiger partial charge in [-0.2, -0.15) is 0 Å². The van der Waals surface area contributed by atoms with Crippen LogP contribution in [-0.2, 0) is 5.41 Å². The quantitative estimate of drug-likeness (QED) is 0.452. The molecule has 3 aliphatic rings. The summed E-state index contributed by atoms with van der Waals surface area (Å²) in [6.07, 6.45) is 9.45. The van der Waals surface area contributed by atoms with E-state index in [-0.39, 0.29) is 5.41 Å². The maximum atomic E-state index is 4.39. The van der Waals surface area contributed by atoms with Gasteiger partial charge >= 0.3 is 0 Å². The van der Waals surface area contributed by atoms with Gasteiger partial charge in [-0.05, 0) is 56.5 Å². The second-order valence-corrected chi connectivity index (χ2v) is 7.08. The third-order valence-corrected chi connectivity index (χ3v) is 6.00. The van der Waals surface area contributed by atoms with Crippen molar-refractivity contribution < 1.29 is 0 Å². The van der Waals surface area contributed by atoms with Crippen LogP contribution < -0.4 is 0 Å². The fourth-order valence-corrected chi connectivity index (χ4v) is 5.12. The molecule has 0 radical (unpaired) electrons. The fourth-order valence-electron chi connectivity index (χ4n) is 5.12. The van der Waals surface area contributed by atoms with Crippen LogP contribution in [0.25, 0.3) is 11.1 Å². The smallest absolute Gasteiger partial charge is 0.0725 e. The van der Waals surface area contributed by atoms with Crippen molar-refractivity contribution in [1.82, 2.24) is 0 Å². The molecule has 1 atom stereocenters. The van der Waals surface area contributed by atoms with Gasteiger partial charge in [-0.3, -0.25) is 0 Å². The Hall–Kier alpha value is -3.12. The molecule has 0 fully saturated rings. The number of rotatable bonds is 2. The van der Waals surface area contributed by atoms with E-state index in [1.54, 1.807) is 0 Å². The predicted molar refractivity (Wildman–Crippen MR) is 145 cm³/mol. The third kappa shape index (κ3) is 3.39. The Labute approximate surface area is 196 Å². The Morgan fingerprint density at radius 1 is 0.750 bits per heavy atom. The summed E-state index contributed by atoms with van der Waals surface area (Å²) in [5, 5.41) is 0. The van der Waals surface area contributed by atoms with E-state index < -0.39 is 0 Å². The molecule has 0 heterocycles. The van der Waals surface area contributed by atoms with Crippen molar-refractivity contribution in [2.75, 3.05) is 0 Å². The number of hydrogen-bond donors (Lipinski definition) is 0. The van der Waals surface area contributed by atoms with E-state index >= 15 is 0 Å². The molecule has 0 N–H and O–H groups in total. The monoisotopic (exact) mass is 422 g/mol. The molecule has 2 aromatic rings. The average Bonchev–Trinajstić information content (AvgIpc) is 3.34. The first-order valence-corrected chi connectivity index (χ1v) is 12.0. The van der Waals surface area contributed by atoms with E-state index in [1.807, 2.05) is 53.7 Å². The maximum Gasteiger partial charge on any atom is 0.0725 e. The van der Waals surface area contributed by atoms with Crippen LogP contribution in [0.3, 0.4) is 0 Å². The Balaban J connectivity index is 0.000000561. The Morgan fingerprint density at radius 2 is 1.28 bits per heavy atom. The molecule has 32 heavy (non-hydrogen) atoms. The van der Waals surface area contributed by atoms with Crippen LogP contribution in [0.15, 0.2) is 109 Å². The summed E-state index contributed by atoms with van der Waals surface area (Å²) in [5.74, 6) is 0. The van der Waals surface area contributed by atoms with E-state index in [1.165, 1.54) is 50.1 Å². The first kappa shape index (κ1) is 25.1. The van der Waals surface area contributed by atoms with Crippen LogP contribution >= 0.6 is 0 Å². The zero-order valence-electron chi connectivity index (χ0n) is 20.8. The molecule has 0 heteroatoms. The normalized spacial score (nSPS) is 18.9. The Morgan fingerprint density at radius 3 is 1.84 bits per heavy atom. The number of benzene rings is 2. The van der Waals surface area contributed by atoms with Crippen molar-refractivity contribution in [3.8, 4) is 0 Å². The minimum atomic E-state index is -0.312. The van der Waals surface area contributed by atoms with Gasteiger partial charge in [-0.15, -0.1) is 0 Å². The summed E-state index contributed by atoms with van der Waals surface area (Å²) in [7, 11) is 0. The van der Waals surface area contributed by atoms with E-state index in [9.17, 15) is 0 Å². The molecule has 1 spiro atoms. The van der Waals surface area contributed by atoms with Crippen LogP contribution in [0.4, 0.5) is 0 Å². The minimum Gasteiger partial charge on any atom is -0.0987 e. The maximum absolute atomic E-state index is 4.39. The highest BCUT2D eigenvalue weighted by atomic mass is 14.5. The zero-order chi connectivity index (χ0) is 23.9. The standard InChI is InChI=1S/C26H20.3C2H6/c1-4-18-19-12-6-8-14-22(19)26(21(18)5-2)23-15-9-7-13-20(23)25-17(3)11-10-16-24(25)26;3*1-2/h4-10,12-16H,1-3,11H2;3*1-2H3. The van der Waals surface area contributed by atoms with E-state index in [4.69, 9.17) is 0 Å². The molecular formula is C32H38. The molecule has 0 amide bonds. The molecule has 3 aliphatic carbocycles. The van der Waals surface area contributed by atoms with Gasteiger partial charge in [0.2, 0.25) is 0 Å². The molecule has 2 aromatic carbocycles. The largest absolute Gasteiger partial charge is 0.0987 e. The lowest BCUT2D eigenvalue weighted by Crippen LogP contribution is -2.27. The van der Waals surface area contributed by atoms with Gasteiger partial charge in [0.1, 0.15) is 0 Å². The van der Waals surface area contributed by atoms with Crippen molar-refractivity contribution in [3.63, 3.8) is 0 Å². The highest BCUT2D eigenvalue weighted by Gasteiger charge is 2.52. The van der Waals surface area contributed by atoms with Gasteiger partial charge in [0.15, 0.2) is 0 Å². The molecule has 0 aliphatic heterocycles. The molecule has 0 bridgehead atoms. The van der Waals surface area contributed by atoms with Gasteiger partial charge in [0.05, 0.1) is 5.41 Å². The van der Waals surface area contributed by atoms with E-state index in [2.05, 4.69) is 80.4 Å². The Bertz CT molecular complexity index is 1100. The second-order valence-electron chi connectivity index (χ2n) is 7.08. The summed E-state index contributed by atoms with van der Waals surface area (Å²) >= 11 is 0. The van der Waals surface area contributed by atoms with Gasteiger partial charge in [-0.1, -0.05) is 134 Å². The first-order valence-electron chi connectivity index (χ1n) is 12.0. The van der Waals surface area contributed by atoms with Gasteiger partial charge < -0.3 is 0 Å². The summed E-state index contributed by atoms with van der Waals surface area (Å²) in [6.45, 7) is 24.7. The van der Waals surface area contributed by atoms with E-state index in [0.29, 0.717) is 0 Å². The van der Waals surface area contributed by atoms with Crippen LogP contribution in [0.2, 0.25) is 0 Å². The highest BCUT2D eigenvalue weighted by Crippen LogP contribution is 2.63. The minimum absolute atomic E-state index is 0.312. The lowest BCUT2D eigenvalue weighted by atomic mass is 9.68. The molecule has 1 unspecified atom stereocenters. The number of fused-ring (bicyclic) bond motifs is 6. The summed E-state index contributed by atoms with van der Waals surface area (Å²) in [5.41, 5.74) is 11.1. The van der Waals surface area contributed by atoms with Crippen LogP contribution in [0.5, 0.6) is 0 Å². The van der Waals surface area contributed by atoms with Crippen LogP contribution in [0.1, 0.15) is 70.2 Å². The topological polar surface area (TPSA) is 0 Å². The fraction of sp³-hybridized carbons (Fsp3) is 0.250. The average molecular weight is 423 g/mol. The van der Waals surface area contributed by atoms with Crippen molar-refractivity contribution in [2.24, 2.45) is 0 Å². The van der Waals surface area contributed by atoms with Crippen molar-refractivity contribution in [3.05, 3.63) is 132 Å². The first-order chi connectivity index (χ1) is 15.7. The van der Waals surface area contributed by atoms with E-state index in [0.717, 1.165) is 6.42 Å². The predicted octanol–water partition coefficient (Wildman–Crippen LogP) is 9.47. The van der Waals surface area contributed by atoms with Crippen LogP contribution in [-0.4, -0.2) is 0 Å². The van der Waals surface area contributed by atoms with Crippen LogP contribution in [0, 0.1) is 0 Å². The molecule has 0 nitrogen and oxygen atoms in total. The zero-order valence-corrected chi connectivity index (χ0v) is 20.8. The van der Waals surface area contributed by atoms with Crippen molar-refractivity contribution in [1.29, 1.82) is 0 Å². The number of allylic oxidation sites excluding steroid dienone is 9. The molecule has 166 valence electrons. The second kappa shape index (κ2) is 11.0. The lowest BCUT2D eigenvalue weighted by Gasteiger charge is -2.33. The molecule has 0 saturated carbocycles. The molecule has 5 rings (SSSR count). The summed E-state index contributed by atoms with van der Waals surface area (Å²) in [4.78, 5) is 0. The molecular weight excluding hydrogens is 384 g/mol. The van der Waals surface area contributed by atoms with Gasteiger partial charge in [-0.25, -0.2) is 0 Å². The highest BCUT2D eigenvalue weighted by molar-refractivity contribution is 6.01. The van der Waals surface area contributed by atoms with Gasteiger partial charge in [0, 0.05) is 0 Å². The molecule has 0 aromatic heterocycles. The summed E-state index contributed by atoms with van der Waals surface area (Å²) < 4.78 is 0. The van der Waals surface area contributed by atoms with Crippen molar-refractivity contribution in [2.45, 2.75) is 53.4 Å². The number of hydrogen-bond acceptors (Lipinski definition) is 0. The summed E-state index contributed by atoms with van der Waals surface area (Å²) in [6, 6.07) is 17.5. The lowest BCUT2D eigenvalue weighted by molar-refractivity contribution is 0.777.